The Morgan fingerprint density at radius 2 is 1.78 bits per heavy atom. The highest BCUT2D eigenvalue weighted by Crippen LogP contribution is 2.14. The molecule has 6 nitrogen and oxygen atoms in total. The Kier molecular flexibility index (Phi) is 13.8. The maximum atomic E-state index is 4.50. The first-order valence-electron chi connectivity index (χ1n) is 9.96. The number of guanidine groups is 1. The number of nitrogens with one attached hydrogen (secondary N) is 2. The van der Waals surface area contributed by atoms with Gasteiger partial charge < -0.3 is 15.5 Å². The van der Waals surface area contributed by atoms with Crippen LogP contribution in [0.4, 0.5) is 0 Å². The highest BCUT2D eigenvalue weighted by atomic mass is 127. The second-order valence-corrected chi connectivity index (χ2v) is 7.59. The van der Waals surface area contributed by atoms with Crippen LogP contribution in [0, 0.1) is 13.8 Å². The lowest BCUT2D eigenvalue weighted by Crippen LogP contribution is -2.43. The Hall–Kier alpha value is -0.830. The topological polar surface area (TPSA) is 57.5 Å². The van der Waals surface area contributed by atoms with Crippen molar-refractivity contribution in [3.8, 4) is 0 Å². The normalized spacial score (nSPS) is 12.8. The summed E-state index contributed by atoms with van der Waals surface area (Å²) in [4.78, 5) is 6.61. The summed E-state index contributed by atoms with van der Waals surface area (Å²) in [6.07, 6.45) is 7.37. The van der Waals surface area contributed by atoms with E-state index in [0.29, 0.717) is 6.04 Å². The van der Waals surface area contributed by atoms with Crippen LogP contribution in [0.3, 0.4) is 0 Å². The van der Waals surface area contributed by atoms with E-state index in [2.05, 4.69) is 60.5 Å². The lowest BCUT2D eigenvalue weighted by Gasteiger charge is -2.18. The fourth-order valence-corrected chi connectivity index (χ4v) is 3.19. The molecule has 0 bridgehead atoms. The predicted octanol–water partition coefficient (Wildman–Crippen LogP) is 3.26. The van der Waals surface area contributed by atoms with Gasteiger partial charge in [0.1, 0.15) is 0 Å². The first kappa shape index (κ1) is 26.2. The molecule has 0 fully saturated rings. The van der Waals surface area contributed by atoms with Gasteiger partial charge in [0.05, 0.1) is 5.69 Å². The van der Waals surface area contributed by atoms with Crippen molar-refractivity contribution in [3.63, 3.8) is 0 Å². The quantitative estimate of drug-likeness (QED) is 0.216. The molecule has 2 N–H and O–H groups in total. The molecule has 1 aromatic rings. The molecule has 0 amide bonds. The molecule has 1 heterocycles. The third-order valence-electron chi connectivity index (χ3n) is 4.85. The summed E-state index contributed by atoms with van der Waals surface area (Å²) < 4.78 is 1.96. The van der Waals surface area contributed by atoms with Crippen molar-refractivity contribution in [3.05, 3.63) is 17.0 Å². The summed E-state index contributed by atoms with van der Waals surface area (Å²) in [7, 11) is 8.12. The molecule has 1 aromatic heterocycles. The zero-order chi connectivity index (χ0) is 19.5. The van der Waals surface area contributed by atoms with E-state index in [-0.39, 0.29) is 24.0 Å². The van der Waals surface area contributed by atoms with Crippen LogP contribution in [0.15, 0.2) is 4.99 Å². The summed E-state index contributed by atoms with van der Waals surface area (Å²) in [5, 5.41) is 11.4. The van der Waals surface area contributed by atoms with Crippen molar-refractivity contribution in [2.45, 2.75) is 65.3 Å². The van der Waals surface area contributed by atoms with E-state index >= 15 is 0 Å². The number of nitrogens with zero attached hydrogens (tertiary/aromatic N) is 4. The minimum atomic E-state index is 0. The summed E-state index contributed by atoms with van der Waals surface area (Å²) in [6.45, 7) is 8.59. The molecule has 0 aliphatic heterocycles. The Bertz CT molecular complexity index is 553. The van der Waals surface area contributed by atoms with Gasteiger partial charge in [0.15, 0.2) is 5.96 Å². The third-order valence-corrected chi connectivity index (χ3v) is 4.85. The van der Waals surface area contributed by atoms with Gasteiger partial charge in [0, 0.05) is 32.4 Å². The van der Waals surface area contributed by atoms with Gasteiger partial charge >= 0.3 is 0 Å². The van der Waals surface area contributed by atoms with E-state index in [1.165, 1.54) is 49.9 Å². The average Bonchev–Trinajstić information content (AvgIpc) is 2.82. The number of aromatic nitrogens is 2. The minimum Gasteiger partial charge on any atom is -0.356 e. The van der Waals surface area contributed by atoms with Crippen molar-refractivity contribution in [1.29, 1.82) is 0 Å². The second-order valence-electron chi connectivity index (χ2n) is 7.59. The maximum Gasteiger partial charge on any atom is 0.191 e. The van der Waals surface area contributed by atoms with Crippen LogP contribution in [-0.4, -0.2) is 60.9 Å². The number of aryl methyl sites for hydroxylation is 2. The van der Waals surface area contributed by atoms with Gasteiger partial charge in [-0.05, 0) is 66.2 Å². The number of hydrogen-bond acceptors (Lipinski definition) is 3. The van der Waals surface area contributed by atoms with Crippen molar-refractivity contribution in [1.82, 2.24) is 25.3 Å². The van der Waals surface area contributed by atoms with E-state index < -0.39 is 0 Å². The van der Waals surface area contributed by atoms with Crippen LogP contribution in [0.25, 0.3) is 0 Å². The zero-order valence-electron chi connectivity index (χ0n) is 18.4. The van der Waals surface area contributed by atoms with Gasteiger partial charge in [-0.3, -0.25) is 9.67 Å². The van der Waals surface area contributed by atoms with Crippen LogP contribution in [0.1, 0.15) is 56.0 Å². The molecule has 1 unspecified atom stereocenters. The smallest absolute Gasteiger partial charge is 0.191 e. The van der Waals surface area contributed by atoms with Crippen molar-refractivity contribution >= 4 is 29.9 Å². The van der Waals surface area contributed by atoms with Crippen molar-refractivity contribution < 1.29 is 0 Å². The number of unbranched alkanes of at least 4 members (excludes halogenated alkanes) is 4. The highest BCUT2D eigenvalue weighted by molar-refractivity contribution is 14.0. The number of halogens is 1. The van der Waals surface area contributed by atoms with Gasteiger partial charge in [-0.25, -0.2) is 0 Å². The van der Waals surface area contributed by atoms with Crippen LogP contribution < -0.4 is 10.6 Å². The zero-order valence-corrected chi connectivity index (χ0v) is 20.8. The minimum absolute atomic E-state index is 0. The fourth-order valence-electron chi connectivity index (χ4n) is 3.19. The molecule has 0 saturated carbocycles. The van der Waals surface area contributed by atoms with E-state index in [1.54, 1.807) is 0 Å². The second kappa shape index (κ2) is 14.2. The Morgan fingerprint density at radius 1 is 1.15 bits per heavy atom. The van der Waals surface area contributed by atoms with Crippen LogP contribution in [0.5, 0.6) is 0 Å². The number of rotatable bonds is 11. The van der Waals surface area contributed by atoms with E-state index in [4.69, 9.17) is 0 Å². The Morgan fingerprint density at radius 3 is 2.33 bits per heavy atom. The van der Waals surface area contributed by atoms with Gasteiger partial charge in [-0.2, -0.15) is 5.10 Å². The van der Waals surface area contributed by atoms with Crippen molar-refractivity contribution in [2.75, 3.05) is 34.2 Å². The molecule has 7 heteroatoms. The maximum absolute atomic E-state index is 4.50. The van der Waals surface area contributed by atoms with Gasteiger partial charge in [-0.15, -0.1) is 24.0 Å². The molecule has 158 valence electrons. The summed E-state index contributed by atoms with van der Waals surface area (Å²) in [5.41, 5.74) is 3.70. The molecule has 0 aliphatic carbocycles. The molecule has 0 spiro atoms. The average molecular weight is 492 g/mol. The summed E-state index contributed by atoms with van der Waals surface area (Å²) in [6, 6.07) is 0.314. The SMILES string of the molecule is CN=C(NCCCCCCCN(C)C)NC(C)Cc1c(C)nn(C)c1C.I. The molecule has 27 heavy (non-hydrogen) atoms. The molecule has 0 radical (unpaired) electrons. The standard InChI is InChI=1S/C20H40N6.HI/c1-16(15-19-17(2)24-26(7)18(19)3)23-20(21-4)22-13-11-9-8-10-12-14-25(5)6;/h16H,8-15H2,1-7H3,(H2,21,22,23);1H. The largest absolute Gasteiger partial charge is 0.356 e. The van der Waals surface area contributed by atoms with Gasteiger partial charge in [-0.1, -0.05) is 19.3 Å². The van der Waals surface area contributed by atoms with Crippen LogP contribution in [-0.2, 0) is 13.5 Å². The fraction of sp³-hybridized carbons (Fsp3) is 0.800. The number of aliphatic imine (C=N–C) groups is 1. The molecule has 0 aromatic carbocycles. The van der Waals surface area contributed by atoms with Crippen LogP contribution >= 0.6 is 24.0 Å². The molecule has 0 saturated heterocycles. The van der Waals surface area contributed by atoms with Gasteiger partial charge in [0.2, 0.25) is 0 Å². The molecule has 1 rings (SSSR count). The molecular weight excluding hydrogens is 451 g/mol. The van der Waals surface area contributed by atoms with Crippen molar-refractivity contribution in [2.24, 2.45) is 12.0 Å². The molecular formula is C20H41IN6. The highest BCUT2D eigenvalue weighted by Gasteiger charge is 2.13. The lowest BCUT2D eigenvalue weighted by molar-refractivity contribution is 0.389. The van der Waals surface area contributed by atoms with Crippen LogP contribution in [0.2, 0.25) is 0 Å². The lowest BCUT2D eigenvalue weighted by atomic mass is 10.1. The molecule has 0 aliphatic rings. The summed E-state index contributed by atoms with van der Waals surface area (Å²) >= 11 is 0. The number of hydrogen-bond donors (Lipinski definition) is 2. The first-order chi connectivity index (χ1) is 12.3. The predicted molar refractivity (Wildman–Crippen MR) is 127 cm³/mol. The third kappa shape index (κ3) is 10.3. The van der Waals surface area contributed by atoms with E-state index in [9.17, 15) is 0 Å². The Balaban J connectivity index is 0.00000676. The Labute approximate surface area is 183 Å². The molecule has 1 atom stereocenters. The monoisotopic (exact) mass is 492 g/mol. The first-order valence-corrected chi connectivity index (χ1v) is 9.96. The summed E-state index contributed by atoms with van der Waals surface area (Å²) in [5.74, 6) is 0.893. The van der Waals surface area contributed by atoms with Gasteiger partial charge in [0.25, 0.3) is 0 Å². The van der Waals surface area contributed by atoms with E-state index in [0.717, 1.165) is 24.6 Å². The van der Waals surface area contributed by atoms with E-state index in [1.807, 2.05) is 18.8 Å².